The molecule has 0 spiro atoms. The van der Waals surface area contributed by atoms with Crippen molar-refractivity contribution in [1.29, 1.82) is 0 Å². The third-order valence-corrected chi connectivity index (χ3v) is 9.52. The predicted octanol–water partition coefficient (Wildman–Crippen LogP) is 6.96. The second-order valence-electron chi connectivity index (χ2n) is 10.6. The highest BCUT2D eigenvalue weighted by atomic mass is 35.5. The van der Waals surface area contributed by atoms with E-state index in [1.165, 1.54) is 23.1 Å². The van der Waals surface area contributed by atoms with Gasteiger partial charge in [-0.25, -0.2) is 15.0 Å². The molecule has 0 saturated heterocycles. The largest absolute Gasteiger partial charge is 0.497 e. The van der Waals surface area contributed by atoms with Crippen molar-refractivity contribution in [3.8, 4) is 22.8 Å². The van der Waals surface area contributed by atoms with E-state index in [1.54, 1.807) is 37.3 Å². The molecule has 0 bridgehead atoms. The van der Waals surface area contributed by atoms with Gasteiger partial charge in [0.1, 0.15) is 22.0 Å². The van der Waals surface area contributed by atoms with Crippen molar-refractivity contribution >= 4 is 52.2 Å². The monoisotopic (exact) mass is 651 g/mol. The first-order chi connectivity index (χ1) is 21.2. The third kappa shape index (κ3) is 7.17. The van der Waals surface area contributed by atoms with Gasteiger partial charge in [-0.05, 0) is 57.0 Å². The average Bonchev–Trinajstić information content (AvgIpc) is 3.70. The van der Waals surface area contributed by atoms with E-state index in [4.69, 9.17) is 26.1 Å². The summed E-state index contributed by atoms with van der Waals surface area (Å²) in [5.74, 6) is 0.727. The lowest BCUT2D eigenvalue weighted by atomic mass is 9.93. The molecule has 1 N–H and O–H groups in total. The van der Waals surface area contributed by atoms with Crippen LogP contribution in [0.3, 0.4) is 0 Å². The van der Waals surface area contributed by atoms with Crippen LogP contribution in [0.1, 0.15) is 42.1 Å². The van der Waals surface area contributed by atoms with E-state index < -0.39 is 5.54 Å². The zero-order valence-electron chi connectivity index (χ0n) is 25.1. The first-order valence-electron chi connectivity index (χ1n) is 14.2. The van der Waals surface area contributed by atoms with E-state index in [2.05, 4.69) is 15.3 Å². The Labute approximate surface area is 270 Å². The molecule has 2 heterocycles. The molecule has 0 radical (unpaired) electrons. The number of amides is 2. The van der Waals surface area contributed by atoms with Crippen LogP contribution in [0.2, 0.25) is 5.02 Å². The number of rotatable bonds is 11. The number of nitrogens with zero attached hydrogens (tertiary/aromatic N) is 4. The van der Waals surface area contributed by atoms with Crippen molar-refractivity contribution in [3.63, 3.8) is 0 Å². The van der Waals surface area contributed by atoms with Gasteiger partial charge in [-0.1, -0.05) is 48.3 Å². The lowest BCUT2D eigenvalue weighted by molar-refractivity contribution is -0.144. The Bertz CT molecular complexity index is 1620. The van der Waals surface area contributed by atoms with Crippen LogP contribution in [0.15, 0.2) is 59.1 Å². The topological polar surface area (TPSA) is 107 Å². The van der Waals surface area contributed by atoms with E-state index >= 15 is 0 Å². The van der Waals surface area contributed by atoms with Crippen LogP contribution in [0.5, 0.6) is 11.5 Å². The van der Waals surface area contributed by atoms with Crippen molar-refractivity contribution in [2.75, 3.05) is 25.3 Å². The van der Waals surface area contributed by atoms with Crippen LogP contribution in [-0.2, 0) is 16.1 Å². The smallest absolute Gasteiger partial charge is 0.250 e. The fraction of sp³-hybridized carbons (Fsp3) is 0.344. The molecule has 9 nitrogen and oxygen atoms in total. The molecule has 12 heteroatoms. The fourth-order valence-electron chi connectivity index (χ4n) is 5.43. The number of carbonyl (C=O) groups excluding carboxylic acids is 2. The normalized spacial score (nSPS) is 13.8. The summed E-state index contributed by atoms with van der Waals surface area (Å²) in [5, 5.41) is 6.94. The molecule has 0 unspecified atom stereocenters. The Morgan fingerprint density at radius 3 is 2.36 bits per heavy atom. The number of thiazole rings is 1. The minimum atomic E-state index is -1.07. The number of nitrogens with one attached hydrogen (secondary N) is 1. The number of halogens is 1. The highest BCUT2D eigenvalue weighted by Crippen LogP contribution is 2.40. The lowest BCUT2D eigenvalue weighted by Gasteiger charge is -2.39. The number of ether oxygens (including phenoxy) is 2. The lowest BCUT2D eigenvalue weighted by Crippen LogP contribution is -2.57. The molecule has 5 rings (SSSR count). The van der Waals surface area contributed by atoms with Crippen LogP contribution < -0.4 is 14.8 Å². The maximum atomic E-state index is 14.3. The van der Waals surface area contributed by atoms with Gasteiger partial charge in [0, 0.05) is 33.4 Å². The number of aryl methyl sites for hydroxylation is 2. The van der Waals surface area contributed by atoms with Gasteiger partial charge in [0.2, 0.25) is 11.8 Å². The van der Waals surface area contributed by atoms with Crippen molar-refractivity contribution in [1.82, 2.24) is 19.9 Å². The summed E-state index contributed by atoms with van der Waals surface area (Å²) < 4.78 is 10.9. The van der Waals surface area contributed by atoms with E-state index in [0.29, 0.717) is 40.2 Å². The Kier molecular flexibility index (Phi) is 10.1. The summed E-state index contributed by atoms with van der Waals surface area (Å²) >= 11 is 8.82. The summed E-state index contributed by atoms with van der Waals surface area (Å²) in [6.45, 7) is 4.00. The van der Waals surface area contributed by atoms with Crippen molar-refractivity contribution in [2.45, 2.75) is 56.8 Å². The highest BCUT2D eigenvalue weighted by Gasteiger charge is 2.48. The molecule has 2 aromatic carbocycles. The molecule has 1 aliphatic rings. The Morgan fingerprint density at radius 2 is 1.70 bits per heavy atom. The number of hydrogen-bond donors (Lipinski definition) is 1. The van der Waals surface area contributed by atoms with Gasteiger partial charge in [-0.3, -0.25) is 9.59 Å². The van der Waals surface area contributed by atoms with Gasteiger partial charge in [0.25, 0.3) is 0 Å². The van der Waals surface area contributed by atoms with Gasteiger partial charge in [-0.15, -0.1) is 11.3 Å². The highest BCUT2D eigenvalue weighted by molar-refractivity contribution is 7.99. The summed E-state index contributed by atoms with van der Waals surface area (Å²) in [7, 11) is 3.11. The fourth-order valence-corrected chi connectivity index (χ4v) is 7.18. The number of aromatic nitrogens is 3. The van der Waals surface area contributed by atoms with E-state index in [9.17, 15) is 9.59 Å². The SMILES string of the molecule is COc1ccc(NC(=O)C2(N(Cc3nc(-c4ccc(Cl)cc4)cs3)C(=O)CSc3nc(C)cc(C)n3)CCCC2)c(OC)c1. The predicted molar refractivity (Wildman–Crippen MR) is 175 cm³/mol. The third-order valence-electron chi connectivity index (χ3n) is 7.60. The number of carbonyl (C=O) groups is 2. The molecule has 230 valence electrons. The second-order valence-corrected chi connectivity index (χ2v) is 12.9. The number of anilines is 1. The Morgan fingerprint density at radius 1 is 1.00 bits per heavy atom. The quantitative estimate of drug-likeness (QED) is 0.137. The molecule has 4 aromatic rings. The van der Waals surface area contributed by atoms with Crippen LogP contribution in [0.25, 0.3) is 11.3 Å². The van der Waals surface area contributed by atoms with E-state index in [1.807, 2.05) is 49.6 Å². The minimum absolute atomic E-state index is 0.0825. The van der Waals surface area contributed by atoms with Crippen LogP contribution in [-0.4, -0.2) is 57.2 Å². The molecule has 1 fully saturated rings. The average molecular weight is 652 g/mol. The van der Waals surface area contributed by atoms with Gasteiger partial charge in [-0.2, -0.15) is 0 Å². The number of benzene rings is 2. The summed E-state index contributed by atoms with van der Waals surface area (Å²) in [6, 6.07) is 14.6. The van der Waals surface area contributed by atoms with Crippen LogP contribution in [0.4, 0.5) is 5.69 Å². The maximum absolute atomic E-state index is 14.3. The standard InChI is InChI=1S/C32H34ClN5O4S2/c1-20-15-21(2)35-31(34-20)44-19-29(39)38(17-28-36-26(18-43-28)22-7-9-23(33)10-8-22)32(13-5-6-14-32)30(40)37-25-12-11-24(41-3)16-27(25)42-4/h7-12,15-16,18H,5-6,13-14,17,19H2,1-4H3,(H,37,40). The zero-order valence-corrected chi connectivity index (χ0v) is 27.4. The summed E-state index contributed by atoms with van der Waals surface area (Å²) in [6.07, 6.45) is 2.70. The van der Waals surface area contributed by atoms with Gasteiger partial charge < -0.3 is 19.7 Å². The molecule has 1 aliphatic carbocycles. The van der Waals surface area contributed by atoms with Crippen molar-refractivity contribution in [3.05, 3.63) is 75.3 Å². The van der Waals surface area contributed by atoms with Gasteiger partial charge >= 0.3 is 0 Å². The molecule has 1 saturated carbocycles. The molecule has 0 aliphatic heterocycles. The molecular weight excluding hydrogens is 618 g/mol. The maximum Gasteiger partial charge on any atom is 0.250 e. The zero-order chi connectivity index (χ0) is 31.3. The van der Waals surface area contributed by atoms with Gasteiger partial charge in [0.15, 0.2) is 5.16 Å². The summed E-state index contributed by atoms with van der Waals surface area (Å²) in [5.41, 5.74) is 2.83. The Balaban J connectivity index is 1.46. The Hall–Kier alpha value is -3.67. The molecular formula is C32H34ClN5O4S2. The van der Waals surface area contributed by atoms with Crippen molar-refractivity contribution < 1.29 is 19.1 Å². The van der Waals surface area contributed by atoms with Gasteiger partial charge in [0.05, 0.1) is 37.9 Å². The van der Waals surface area contributed by atoms with Crippen molar-refractivity contribution in [2.24, 2.45) is 0 Å². The van der Waals surface area contributed by atoms with Crippen LogP contribution >= 0.6 is 34.7 Å². The number of hydrogen-bond acceptors (Lipinski definition) is 9. The second kappa shape index (κ2) is 14.0. The molecule has 0 atom stereocenters. The first-order valence-corrected chi connectivity index (χ1v) is 16.4. The molecule has 2 amide bonds. The van der Waals surface area contributed by atoms with Crippen LogP contribution in [0, 0.1) is 13.8 Å². The first kappa shape index (κ1) is 31.7. The van der Waals surface area contributed by atoms with E-state index in [-0.39, 0.29) is 24.1 Å². The minimum Gasteiger partial charge on any atom is -0.497 e. The number of methoxy groups -OCH3 is 2. The molecule has 44 heavy (non-hydrogen) atoms. The number of thioether (sulfide) groups is 1. The van der Waals surface area contributed by atoms with E-state index in [0.717, 1.165) is 40.5 Å². The molecule has 2 aromatic heterocycles. The summed E-state index contributed by atoms with van der Waals surface area (Å²) in [4.78, 5) is 44.0.